The van der Waals surface area contributed by atoms with Crippen LogP contribution in [-0.2, 0) is 6.54 Å². The second kappa shape index (κ2) is 8.20. The van der Waals surface area contributed by atoms with E-state index in [1.54, 1.807) is 11.8 Å². The molecule has 0 radical (unpaired) electrons. The van der Waals surface area contributed by atoms with Crippen LogP contribution in [0.2, 0.25) is 5.02 Å². The lowest BCUT2D eigenvalue weighted by atomic mass is 9.99. The van der Waals surface area contributed by atoms with Gasteiger partial charge < -0.3 is 4.90 Å². The molecule has 3 aromatic rings. The average molecular weight is 393 g/mol. The quantitative estimate of drug-likeness (QED) is 0.501. The molecule has 1 atom stereocenters. The lowest BCUT2D eigenvalue weighted by Crippen LogP contribution is -2.28. The summed E-state index contributed by atoms with van der Waals surface area (Å²) in [5, 5.41) is 1.98. The highest BCUT2D eigenvalue weighted by molar-refractivity contribution is 8.14. The zero-order chi connectivity index (χ0) is 18.6. The summed E-state index contributed by atoms with van der Waals surface area (Å²) in [6, 6.07) is 27.2. The number of halogens is 1. The van der Waals surface area contributed by atoms with Crippen LogP contribution in [0.4, 0.5) is 5.69 Å². The Kier molecular flexibility index (Phi) is 5.51. The van der Waals surface area contributed by atoms with Gasteiger partial charge in [0.1, 0.15) is 0 Å². The van der Waals surface area contributed by atoms with Gasteiger partial charge >= 0.3 is 0 Å². The number of benzene rings is 3. The van der Waals surface area contributed by atoms with Crippen LogP contribution in [0.5, 0.6) is 0 Å². The number of anilines is 1. The summed E-state index contributed by atoms with van der Waals surface area (Å²) in [7, 11) is 0. The van der Waals surface area contributed by atoms with E-state index in [0.717, 1.165) is 16.7 Å². The highest BCUT2D eigenvalue weighted by Gasteiger charge is 2.26. The van der Waals surface area contributed by atoms with Crippen LogP contribution in [-0.4, -0.2) is 11.7 Å². The van der Waals surface area contributed by atoms with Gasteiger partial charge in [0, 0.05) is 17.3 Å². The molecule has 27 heavy (non-hydrogen) atoms. The van der Waals surface area contributed by atoms with Crippen molar-refractivity contribution in [3.8, 4) is 0 Å². The largest absolute Gasteiger partial charge is 0.321 e. The molecule has 0 fully saturated rings. The zero-order valence-corrected chi connectivity index (χ0v) is 16.8. The maximum absolute atomic E-state index is 6.35. The summed E-state index contributed by atoms with van der Waals surface area (Å²) in [5.74, 6) is 0. The Morgan fingerprint density at radius 2 is 1.70 bits per heavy atom. The second-order valence-corrected chi connectivity index (χ2v) is 7.94. The third-order valence-electron chi connectivity index (χ3n) is 4.72. The molecule has 3 aromatic carbocycles. The van der Waals surface area contributed by atoms with Crippen molar-refractivity contribution in [1.82, 2.24) is 0 Å². The molecular weight excluding hydrogens is 372 g/mol. The maximum Gasteiger partial charge on any atom is 0.164 e. The Balaban J connectivity index is 1.78. The van der Waals surface area contributed by atoms with Crippen molar-refractivity contribution in [2.75, 3.05) is 11.4 Å². The molecule has 2 nitrogen and oxygen atoms in total. The van der Waals surface area contributed by atoms with Crippen LogP contribution in [0, 0.1) is 0 Å². The zero-order valence-electron chi connectivity index (χ0n) is 15.2. The minimum Gasteiger partial charge on any atom is -0.321 e. The Labute approximate surface area is 169 Å². The van der Waals surface area contributed by atoms with Crippen molar-refractivity contribution in [3.63, 3.8) is 0 Å². The number of rotatable bonds is 3. The molecule has 136 valence electrons. The first-order chi connectivity index (χ1) is 13.3. The van der Waals surface area contributed by atoms with Crippen molar-refractivity contribution in [2.45, 2.75) is 18.7 Å². The Hall–Kier alpha value is -2.23. The summed E-state index contributed by atoms with van der Waals surface area (Å²) < 4.78 is 0. The molecule has 0 saturated carbocycles. The number of fused-ring (bicyclic) bond motifs is 1. The molecule has 1 heterocycles. The number of thioether (sulfide) groups is 1. The highest BCUT2D eigenvalue weighted by Crippen LogP contribution is 2.42. The summed E-state index contributed by atoms with van der Waals surface area (Å²) in [6.07, 6.45) is 0. The first-order valence-electron chi connectivity index (χ1n) is 9.13. The summed E-state index contributed by atoms with van der Waals surface area (Å²) in [4.78, 5) is 7.27. The molecule has 0 N–H and O–H groups in total. The number of nitrogens with zero attached hydrogens (tertiary/aromatic N) is 2. The van der Waals surface area contributed by atoms with Crippen LogP contribution in [0.25, 0.3) is 0 Å². The van der Waals surface area contributed by atoms with Gasteiger partial charge in [-0.1, -0.05) is 78.0 Å². The van der Waals surface area contributed by atoms with Crippen LogP contribution in [0.15, 0.2) is 83.9 Å². The van der Waals surface area contributed by atoms with Gasteiger partial charge in [-0.25, -0.2) is 0 Å². The van der Waals surface area contributed by atoms with Gasteiger partial charge in [0.05, 0.1) is 11.8 Å². The van der Waals surface area contributed by atoms with Gasteiger partial charge in [-0.15, -0.1) is 0 Å². The molecule has 4 rings (SSSR count). The minimum absolute atomic E-state index is 0.166. The topological polar surface area (TPSA) is 15.6 Å². The van der Waals surface area contributed by atoms with Crippen LogP contribution < -0.4 is 4.90 Å². The number of hydrogen-bond donors (Lipinski definition) is 0. The van der Waals surface area contributed by atoms with Crippen molar-refractivity contribution < 1.29 is 0 Å². The van der Waals surface area contributed by atoms with Gasteiger partial charge in [-0.2, -0.15) is 0 Å². The van der Waals surface area contributed by atoms with Crippen molar-refractivity contribution in [2.24, 2.45) is 4.99 Å². The molecule has 0 bridgehead atoms. The van der Waals surface area contributed by atoms with Crippen LogP contribution in [0.1, 0.15) is 28.9 Å². The standard InChI is InChI=1S/C23H21ClN2S/c1-2-26(20-11-7-4-8-12-20)23-25-16-18-13-14-19(24)15-21(18)22(27-23)17-9-5-3-6-10-17/h3-15,22H,2,16H2,1H3. The smallest absolute Gasteiger partial charge is 0.164 e. The van der Waals surface area contributed by atoms with E-state index >= 15 is 0 Å². The van der Waals surface area contributed by atoms with Gasteiger partial charge in [-0.3, -0.25) is 4.99 Å². The lowest BCUT2D eigenvalue weighted by molar-refractivity contribution is 1.00. The van der Waals surface area contributed by atoms with E-state index in [1.165, 1.54) is 22.4 Å². The van der Waals surface area contributed by atoms with Crippen molar-refractivity contribution in [3.05, 3.63) is 101 Å². The van der Waals surface area contributed by atoms with Crippen LogP contribution >= 0.6 is 23.4 Å². The fraction of sp³-hybridized carbons (Fsp3) is 0.174. The van der Waals surface area contributed by atoms with Gasteiger partial charge in [0.2, 0.25) is 0 Å². The molecule has 1 aliphatic rings. The second-order valence-electron chi connectivity index (χ2n) is 6.43. The first kappa shape index (κ1) is 18.1. The number of para-hydroxylation sites is 1. The van der Waals surface area contributed by atoms with E-state index in [4.69, 9.17) is 16.6 Å². The predicted molar refractivity (Wildman–Crippen MR) is 118 cm³/mol. The Bertz CT molecular complexity index is 941. The summed E-state index contributed by atoms with van der Waals surface area (Å²) >= 11 is 8.15. The normalized spacial score (nSPS) is 16.2. The maximum atomic E-state index is 6.35. The van der Waals surface area contributed by atoms with Crippen molar-refractivity contribution >= 4 is 34.2 Å². The number of amidine groups is 1. The Morgan fingerprint density at radius 1 is 1.00 bits per heavy atom. The van der Waals surface area contributed by atoms with Gasteiger partial charge in [0.25, 0.3) is 0 Å². The molecule has 0 amide bonds. The fourth-order valence-corrected chi connectivity index (χ4v) is 4.91. The average Bonchev–Trinajstić information content (AvgIpc) is 2.90. The minimum atomic E-state index is 0.166. The van der Waals surface area contributed by atoms with E-state index in [1.807, 2.05) is 12.1 Å². The highest BCUT2D eigenvalue weighted by atomic mass is 35.5. The van der Waals surface area contributed by atoms with Gasteiger partial charge in [-0.05, 0) is 47.9 Å². The van der Waals surface area contributed by atoms with E-state index in [0.29, 0.717) is 6.54 Å². The van der Waals surface area contributed by atoms with Gasteiger partial charge in [0.15, 0.2) is 5.17 Å². The van der Waals surface area contributed by atoms with E-state index in [-0.39, 0.29) is 5.25 Å². The third-order valence-corrected chi connectivity index (χ3v) is 6.27. The molecule has 1 aliphatic heterocycles. The van der Waals surface area contributed by atoms with E-state index < -0.39 is 0 Å². The molecule has 4 heteroatoms. The van der Waals surface area contributed by atoms with Crippen LogP contribution in [0.3, 0.4) is 0 Å². The first-order valence-corrected chi connectivity index (χ1v) is 10.4. The van der Waals surface area contributed by atoms with E-state index in [2.05, 4.69) is 78.6 Å². The monoisotopic (exact) mass is 392 g/mol. The third kappa shape index (κ3) is 3.90. The molecular formula is C23H21ClN2S. The molecule has 0 saturated heterocycles. The van der Waals surface area contributed by atoms with Crippen molar-refractivity contribution in [1.29, 1.82) is 0 Å². The fourth-order valence-electron chi connectivity index (χ4n) is 3.37. The number of hydrogen-bond acceptors (Lipinski definition) is 3. The molecule has 0 aromatic heterocycles. The molecule has 0 aliphatic carbocycles. The molecule has 1 unspecified atom stereocenters. The Morgan fingerprint density at radius 3 is 2.41 bits per heavy atom. The predicted octanol–water partition coefficient (Wildman–Crippen LogP) is 6.56. The molecule has 0 spiro atoms. The van der Waals surface area contributed by atoms with E-state index in [9.17, 15) is 0 Å². The number of aliphatic imine (C=N–C) groups is 1. The lowest BCUT2D eigenvalue weighted by Gasteiger charge is -2.26. The summed E-state index contributed by atoms with van der Waals surface area (Å²) in [5.41, 5.74) is 4.92. The SMILES string of the molecule is CCN(C1=NCc2ccc(Cl)cc2C(c2ccccc2)S1)c1ccccc1. The summed E-state index contributed by atoms with van der Waals surface area (Å²) in [6.45, 7) is 3.71.